The summed E-state index contributed by atoms with van der Waals surface area (Å²) in [7, 11) is 0. The van der Waals surface area contributed by atoms with Gasteiger partial charge in [-0.15, -0.1) is 0 Å². The molecule has 2 aromatic rings. The number of nitrogens with zero attached hydrogens (tertiary/aromatic N) is 1. The minimum Gasteiger partial charge on any atom is -0.389 e. The zero-order valence-corrected chi connectivity index (χ0v) is 9.64. The Morgan fingerprint density at radius 3 is 2.75 bits per heavy atom. The molecule has 0 aliphatic rings. The van der Waals surface area contributed by atoms with Crippen molar-refractivity contribution in [3.63, 3.8) is 0 Å². The summed E-state index contributed by atoms with van der Waals surface area (Å²) in [6, 6.07) is 7.64. The number of thiocarbonyl (C=S) groups is 1. The van der Waals surface area contributed by atoms with E-state index in [0.717, 1.165) is 22.4 Å². The zero-order chi connectivity index (χ0) is 11.7. The van der Waals surface area contributed by atoms with Crippen molar-refractivity contribution in [2.45, 2.75) is 6.92 Å². The standard InChI is InChI=1S/C11H12N4S/c1-6-9(10(12)15-14-6)7-3-2-4-8(5-7)11(13)16/h2-5H,1H3,(H2,13,16)(H3,12,14,15). The molecule has 2 rings (SSSR count). The van der Waals surface area contributed by atoms with Crippen LogP contribution in [0.3, 0.4) is 0 Å². The van der Waals surface area contributed by atoms with E-state index in [9.17, 15) is 0 Å². The van der Waals surface area contributed by atoms with E-state index < -0.39 is 0 Å². The molecule has 0 atom stereocenters. The molecule has 0 spiro atoms. The quantitative estimate of drug-likeness (QED) is 0.687. The van der Waals surface area contributed by atoms with Crippen molar-refractivity contribution in [3.8, 4) is 11.1 Å². The van der Waals surface area contributed by atoms with E-state index in [2.05, 4.69) is 10.2 Å². The second-order valence-corrected chi connectivity index (χ2v) is 3.99. The summed E-state index contributed by atoms with van der Waals surface area (Å²) in [4.78, 5) is 0.376. The molecule has 82 valence electrons. The highest BCUT2D eigenvalue weighted by atomic mass is 32.1. The number of aryl methyl sites for hydroxylation is 1. The van der Waals surface area contributed by atoms with Crippen LogP contribution in [0.2, 0.25) is 0 Å². The number of hydrogen-bond acceptors (Lipinski definition) is 3. The monoisotopic (exact) mass is 232 g/mol. The van der Waals surface area contributed by atoms with Gasteiger partial charge in [0.05, 0.1) is 0 Å². The Kier molecular flexibility index (Phi) is 2.62. The van der Waals surface area contributed by atoms with Gasteiger partial charge in [-0.2, -0.15) is 5.10 Å². The molecule has 1 aromatic heterocycles. The first-order valence-corrected chi connectivity index (χ1v) is 5.21. The number of nitrogens with one attached hydrogen (secondary N) is 1. The predicted molar refractivity (Wildman–Crippen MR) is 69.1 cm³/mol. The Labute approximate surface area is 98.7 Å². The molecule has 5 heteroatoms. The van der Waals surface area contributed by atoms with E-state index >= 15 is 0 Å². The topological polar surface area (TPSA) is 80.7 Å². The minimum atomic E-state index is 0.376. The van der Waals surface area contributed by atoms with Gasteiger partial charge in [0.1, 0.15) is 4.99 Å². The summed E-state index contributed by atoms with van der Waals surface area (Å²) in [5.41, 5.74) is 15.0. The summed E-state index contributed by atoms with van der Waals surface area (Å²) in [6.45, 7) is 1.92. The Hall–Kier alpha value is -1.88. The number of nitrogens with two attached hydrogens (primary N) is 2. The van der Waals surface area contributed by atoms with Crippen LogP contribution in [0.15, 0.2) is 24.3 Å². The third kappa shape index (κ3) is 1.77. The van der Waals surface area contributed by atoms with E-state index in [4.69, 9.17) is 23.7 Å². The second-order valence-electron chi connectivity index (χ2n) is 3.55. The van der Waals surface area contributed by atoms with Crippen LogP contribution in [0.5, 0.6) is 0 Å². The predicted octanol–water partition coefficient (Wildman–Crippen LogP) is 1.60. The molecule has 5 N–H and O–H groups in total. The third-order valence-corrected chi connectivity index (χ3v) is 2.65. The lowest BCUT2D eigenvalue weighted by Crippen LogP contribution is -2.09. The molecular formula is C11H12N4S. The van der Waals surface area contributed by atoms with Crippen LogP contribution in [-0.4, -0.2) is 15.2 Å². The van der Waals surface area contributed by atoms with E-state index in [-0.39, 0.29) is 0 Å². The molecule has 0 unspecified atom stereocenters. The van der Waals surface area contributed by atoms with Crippen LogP contribution in [0.4, 0.5) is 5.82 Å². The van der Waals surface area contributed by atoms with Gasteiger partial charge in [-0.05, 0) is 18.6 Å². The summed E-state index contributed by atoms with van der Waals surface area (Å²) in [5.74, 6) is 0.484. The zero-order valence-electron chi connectivity index (χ0n) is 8.82. The van der Waals surface area contributed by atoms with Crippen LogP contribution >= 0.6 is 12.2 Å². The first kappa shape index (κ1) is 10.6. The maximum absolute atomic E-state index is 5.79. The number of H-pyrrole nitrogens is 1. The average Bonchev–Trinajstić information content (AvgIpc) is 2.59. The smallest absolute Gasteiger partial charge is 0.153 e. The summed E-state index contributed by atoms with van der Waals surface area (Å²) in [6.07, 6.45) is 0. The fourth-order valence-electron chi connectivity index (χ4n) is 1.64. The van der Waals surface area contributed by atoms with E-state index in [0.29, 0.717) is 10.8 Å². The summed E-state index contributed by atoms with van der Waals surface area (Å²) in [5, 5.41) is 6.80. The first-order valence-electron chi connectivity index (χ1n) is 4.80. The Bertz CT molecular complexity index is 525. The maximum Gasteiger partial charge on any atom is 0.153 e. The number of nitrogen functional groups attached to an aromatic ring is 1. The van der Waals surface area contributed by atoms with Crippen molar-refractivity contribution in [2.75, 3.05) is 5.73 Å². The van der Waals surface area contributed by atoms with Crippen LogP contribution in [0.25, 0.3) is 11.1 Å². The number of aromatic nitrogens is 2. The highest BCUT2D eigenvalue weighted by molar-refractivity contribution is 7.80. The van der Waals surface area contributed by atoms with E-state index in [1.54, 1.807) is 0 Å². The first-order chi connectivity index (χ1) is 7.59. The van der Waals surface area contributed by atoms with Crippen molar-refractivity contribution in [1.29, 1.82) is 0 Å². The molecule has 0 fully saturated rings. The van der Waals surface area contributed by atoms with Crippen LogP contribution < -0.4 is 11.5 Å². The Morgan fingerprint density at radius 2 is 2.19 bits per heavy atom. The van der Waals surface area contributed by atoms with Crippen LogP contribution in [0, 0.1) is 6.92 Å². The summed E-state index contributed by atoms with van der Waals surface area (Å²) < 4.78 is 0. The van der Waals surface area contributed by atoms with Crippen molar-refractivity contribution in [2.24, 2.45) is 5.73 Å². The number of benzene rings is 1. The molecule has 1 heterocycles. The number of rotatable bonds is 2. The molecular weight excluding hydrogens is 220 g/mol. The SMILES string of the molecule is Cc1[nH]nc(N)c1-c1cccc(C(N)=S)c1. The van der Waals surface area contributed by atoms with Gasteiger partial charge in [0.15, 0.2) is 5.82 Å². The molecule has 4 nitrogen and oxygen atoms in total. The molecule has 0 amide bonds. The number of aromatic amines is 1. The minimum absolute atomic E-state index is 0.376. The number of anilines is 1. The fourth-order valence-corrected chi connectivity index (χ4v) is 1.77. The van der Waals surface area contributed by atoms with Gasteiger partial charge in [0, 0.05) is 16.8 Å². The highest BCUT2D eigenvalue weighted by Crippen LogP contribution is 2.27. The summed E-state index contributed by atoms with van der Waals surface area (Å²) >= 11 is 4.94. The molecule has 0 aliphatic carbocycles. The lowest BCUT2D eigenvalue weighted by molar-refractivity contribution is 1.05. The Balaban J connectivity index is 2.57. The van der Waals surface area contributed by atoms with Gasteiger partial charge in [0.2, 0.25) is 0 Å². The molecule has 0 saturated carbocycles. The number of hydrogen-bond donors (Lipinski definition) is 3. The van der Waals surface area contributed by atoms with E-state index in [1.165, 1.54) is 0 Å². The average molecular weight is 232 g/mol. The normalized spacial score (nSPS) is 10.3. The molecule has 1 aromatic carbocycles. The lowest BCUT2D eigenvalue weighted by Gasteiger charge is -2.04. The Morgan fingerprint density at radius 1 is 1.44 bits per heavy atom. The van der Waals surface area contributed by atoms with Crippen molar-refractivity contribution in [1.82, 2.24) is 10.2 Å². The molecule has 0 aliphatic heterocycles. The molecule has 0 radical (unpaired) electrons. The van der Waals surface area contributed by atoms with Gasteiger partial charge in [-0.3, -0.25) is 5.10 Å². The van der Waals surface area contributed by atoms with Gasteiger partial charge < -0.3 is 11.5 Å². The van der Waals surface area contributed by atoms with Gasteiger partial charge >= 0.3 is 0 Å². The molecule has 16 heavy (non-hydrogen) atoms. The fraction of sp³-hybridized carbons (Fsp3) is 0.0909. The lowest BCUT2D eigenvalue weighted by atomic mass is 10.0. The largest absolute Gasteiger partial charge is 0.389 e. The van der Waals surface area contributed by atoms with Crippen LogP contribution in [0.1, 0.15) is 11.3 Å². The van der Waals surface area contributed by atoms with Crippen LogP contribution in [-0.2, 0) is 0 Å². The second kappa shape index (κ2) is 3.94. The van der Waals surface area contributed by atoms with Crippen molar-refractivity contribution < 1.29 is 0 Å². The van der Waals surface area contributed by atoms with Gasteiger partial charge in [-0.1, -0.05) is 30.4 Å². The van der Waals surface area contributed by atoms with Gasteiger partial charge in [0.25, 0.3) is 0 Å². The highest BCUT2D eigenvalue weighted by Gasteiger charge is 2.10. The molecule has 0 bridgehead atoms. The van der Waals surface area contributed by atoms with Crippen molar-refractivity contribution in [3.05, 3.63) is 35.5 Å². The third-order valence-electron chi connectivity index (χ3n) is 2.41. The van der Waals surface area contributed by atoms with Crippen molar-refractivity contribution >= 4 is 23.0 Å². The maximum atomic E-state index is 5.79. The molecule has 0 saturated heterocycles. The van der Waals surface area contributed by atoms with Gasteiger partial charge in [-0.25, -0.2) is 0 Å². The van der Waals surface area contributed by atoms with E-state index in [1.807, 2.05) is 31.2 Å².